The highest BCUT2D eigenvalue weighted by molar-refractivity contribution is 5.82. The molecule has 1 aromatic carbocycles. The Hall–Kier alpha value is -2.04. The maximum atomic E-state index is 12.6. The van der Waals surface area contributed by atoms with Crippen LogP contribution in [0.2, 0.25) is 0 Å². The van der Waals surface area contributed by atoms with Gasteiger partial charge in [0.15, 0.2) is 0 Å². The third-order valence-corrected chi connectivity index (χ3v) is 4.16. The Kier molecular flexibility index (Phi) is 5.20. The van der Waals surface area contributed by atoms with Gasteiger partial charge in [0.05, 0.1) is 0 Å². The van der Waals surface area contributed by atoms with E-state index in [1.807, 2.05) is 13.0 Å². The summed E-state index contributed by atoms with van der Waals surface area (Å²) in [4.78, 5) is 14.4. The number of nitrogens with zero attached hydrogens (tertiary/aromatic N) is 2. The van der Waals surface area contributed by atoms with Crippen LogP contribution in [0, 0.1) is 5.92 Å². The molecule has 1 amide bonds. The molecule has 0 fully saturated rings. The fraction of sp³-hybridized carbons (Fsp3) is 0.500. The molecule has 0 aromatic heterocycles. The lowest BCUT2D eigenvalue weighted by atomic mass is 9.83. The van der Waals surface area contributed by atoms with Crippen LogP contribution in [0.1, 0.15) is 30.9 Å². The zero-order valence-electron chi connectivity index (χ0n) is 12.5. The topological polar surface area (TPSA) is 78.9 Å². The van der Waals surface area contributed by atoms with Crippen LogP contribution in [0.3, 0.4) is 0 Å². The molecule has 1 aliphatic rings. The van der Waals surface area contributed by atoms with Gasteiger partial charge in [-0.3, -0.25) is 4.79 Å². The Morgan fingerprint density at radius 1 is 1.43 bits per heavy atom. The fourth-order valence-corrected chi connectivity index (χ4v) is 2.89. The van der Waals surface area contributed by atoms with Crippen LogP contribution < -0.4 is 5.73 Å². The predicted molar refractivity (Wildman–Crippen MR) is 82.2 cm³/mol. The molecule has 3 N–H and O–H groups in total. The van der Waals surface area contributed by atoms with Crippen molar-refractivity contribution in [1.82, 2.24) is 4.90 Å². The maximum absolute atomic E-state index is 12.6. The number of rotatable bonds is 5. The van der Waals surface area contributed by atoms with Crippen LogP contribution in [0.25, 0.3) is 0 Å². The van der Waals surface area contributed by atoms with Crippen LogP contribution in [0.15, 0.2) is 29.4 Å². The van der Waals surface area contributed by atoms with Gasteiger partial charge in [-0.1, -0.05) is 29.4 Å². The summed E-state index contributed by atoms with van der Waals surface area (Å²) < 4.78 is 0. The molecule has 0 saturated heterocycles. The molecule has 5 heteroatoms. The summed E-state index contributed by atoms with van der Waals surface area (Å²) in [5, 5.41) is 11.5. The van der Waals surface area contributed by atoms with E-state index in [0.29, 0.717) is 19.5 Å². The molecule has 0 bridgehead atoms. The molecule has 1 aliphatic carbocycles. The first-order chi connectivity index (χ1) is 10.2. The molecule has 0 radical (unpaired) electrons. The lowest BCUT2D eigenvalue weighted by Gasteiger charge is -2.29. The van der Waals surface area contributed by atoms with Crippen molar-refractivity contribution in [2.45, 2.75) is 32.6 Å². The van der Waals surface area contributed by atoms with Gasteiger partial charge in [-0.2, -0.15) is 0 Å². The molecule has 114 valence electrons. The molecule has 1 atom stereocenters. The van der Waals surface area contributed by atoms with Crippen LogP contribution in [0.4, 0.5) is 0 Å². The van der Waals surface area contributed by atoms with Gasteiger partial charge in [0.25, 0.3) is 0 Å². The van der Waals surface area contributed by atoms with Crippen molar-refractivity contribution in [1.29, 1.82) is 0 Å². The number of nitrogens with two attached hydrogens (primary N) is 1. The number of oxime groups is 1. The second kappa shape index (κ2) is 7.11. The van der Waals surface area contributed by atoms with Crippen molar-refractivity contribution < 1.29 is 10.0 Å². The maximum Gasteiger partial charge on any atom is 0.226 e. The fourth-order valence-electron chi connectivity index (χ4n) is 2.89. The number of carbonyl (C=O) groups excluding carboxylic acids is 1. The second-order valence-electron chi connectivity index (χ2n) is 5.47. The largest absolute Gasteiger partial charge is 0.409 e. The third kappa shape index (κ3) is 3.74. The summed E-state index contributed by atoms with van der Waals surface area (Å²) in [5.74, 6) is 0.389. The summed E-state index contributed by atoms with van der Waals surface area (Å²) in [6.45, 7) is 3.11. The molecule has 21 heavy (non-hydrogen) atoms. The van der Waals surface area contributed by atoms with E-state index >= 15 is 0 Å². The predicted octanol–water partition coefficient (Wildman–Crippen LogP) is 1.78. The van der Waals surface area contributed by atoms with E-state index in [9.17, 15) is 4.79 Å². The highest BCUT2D eigenvalue weighted by Crippen LogP contribution is 2.26. The van der Waals surface area contributed by atoms with Gasteiger partial charge in [-0.15, -0.1) is 0 Å². The van der Waals surface area contributed by atoms with Gasteiger partial charge >= 0.3 is 0 Å². The summed E-state index contributed by atoms with van der Waals surface area (Å²) in [7, 11) is 0. The number of carbonyl (C=O) groups is 1. The second-order valence-corrected chi connectivity index (χ2v) is 5.47. The lowest BCUT2D eigenvalue weighted by Crippen LogP contribution is -2.40. The van der Waals surface area contributed by atoms with Crippen LogP contribution in [-0.2, 0) is 17.6 Å². The summed E-state index contributed by atoms with van der Waals surface area (Å²) in [5.41, 5.74) is 8.13. The van der Waals surface area contributed by atoms with Crippen molar-refractivity contribution in [2.75, 3.05) is 13.1 Å². The highest BCUT2D eigenvalue weighted by Gasteiger charge is 2.27. The molecule has 2 rings (SSSR count). The standard InChI is InChI=1S/C16H23N3O2/c1-2-19(10-9-15(17)18-21)16(20)14-8-7-12-5-3-4-6-13(12)11-14/h3-6,14,21H,2,7-11H2,1H3,(H2,17,18). The highest BCUT2D eigenvalue weighted by atomic mass is 16.4. The first-order valence-electron chi connectivity index (χ1n) is 7.47. The molecule has 5 nitrogen and oxygen atoms in total. The number of benzene rings is 1. The van der Waals surface area contributed by atoms with E-state index in [4.69, 9.17) is 10.9 Å². The minimum absolute atomic E-state index is 0.0483. The number of aryl methyl sites for hydroxylation is 1. The quantitative estimate of drug-likeness (QED) is 0.375. The minimum Gasteiger partial charge on any atom is -0.409 e. The van der Waals surface area contributed by atoms with E-state index in [-0.39, 0.29) is 17.7 Å². The summed E-state index contributed by atoms with van der Waals surface area (Å²) >= 11 is 0. The monoisotopic (exact) mass is 289 g/mol. The first-order valence-corrected chi connectivity index (χ1v) is 7.47. The van der Waals surface area contributed by atoms with E-state index in [2.05, 4.69) is 23.4 Å². The van der Waals surface area contributed by atoms with Crippen LogP contribution in [-0.4, -0.2) is 34.9 Å². The Morgan fingerprint density at radius 2 is 2.14 bits per heavy atom. The average Bonchev–Trinajstić information content (AvgIpc) is 2.54. The molecular weight excluding hydrogens is 266 g/mol. The number of hydrogen-bond acceptors (Lipinski definition) is 3. The van der Waals surface area contributed by atoms with Gasteiger partial charge in [-0.25, -0.2) is 0 Å². The summed E-state index contributed by atoms with van der Waals surface area (Å²) in [6.07, 6.45) is 3.08. The molecular formula is C16H23N3O2. The van der Waals surface area contributed by atoms with Crippen LogP contribution >= 0.6 is 0 Å². The first kappa shape index (κ1) is 15.4. The Labute approximate surface area is 125 Å². The van der Waals surface area contributed by atoms with Gasteiger partial charge < -0.3 is 15.8 Å². The Bertz CT molecular complexity index is 528. The zero-order chi connectivity index (χ0) is 15.2. The molecule has 0 aliphatic heterocycles. The molecule has 0 heterocycles. The molecule has 0 saturated carbocycles. The van der Waals surface area contributed by atoms with Gasteiger partial charge in [0.2, 0.25) is 5.91 Å². The number of amides is 1. The van der Waals surface area contributed by atoms with E-state index < -0.39 is 0 Å². The van der Waals surface area contributed by atoms with Crippen molar-refractivity contribution in [3.05, 3.63) is 35.4 Å². The number of fused-ring (bicyclic) bond motifs is 1. The average molecular weight is 289 g/mol. The van der Waals surface area contributed by atoms with Crippen molar-refractivity contribution in [3.8, 4) is 0 Å². The van der Waals surface area contributed by atoms with Gasteiger partial charge in [0.1, 0.15) is 5.84 Å². The van der Waals surface area contributed by atoms with Crippen molar-refractivity contribution in [2.24, 2.45) is 16.8 Å². The third-order valence-electron chi connectivity index (χ3n) is 4.16. The van der Waals surface area contributed by atoms with E-state index in [0.717, 1.165) is 19.3 Å². The molecule has 1 unspecified atom stereocenters. The zero-order valence-corrected chi connectivity index (χ0v) is 12.5. The Balaban J connectivity index is 1.99. The lowest BCUT2D eigenvalue weighted by molar-refractivity contribution is -0.135. The van der Waals surface area contributed by atoms with Gasteiger partial charge in [-0.05, 0) is 37.3 Å². The van der Waals surface area contributed by atoms with E-state index in [1.165, 1.54) is 11.1 Å². The number of amidine groups is 1. The molecule has 0 spiro atoms. The van der Waals surface area contributed by atoms with Crippen LogP contribution in [0.5, 0.6) is 0 Å². The Morgan fingerprint density at radius 3 is 2.81 bits per heavy atom. The SMILES string of the molecule is CCN(CC/C(N)=N/O)C(=O)C1CCc2ccccc2C1. The smallest absolute Gasteiger partial charge is 0.226 e. The number of hydrogen-bond donors (Lipinski definition) is 2. The summed E-state index contributed by atoms with van der Waals surface area (Å²) in [6, 6.07) is 8.34. The van der Waals surface area contributed by atoms with Crippen molar-refractivity contribution >= 4 is 11.7 Å². The van der Waals surface area contributed by atoms with Gasteiger partial charge in [0, 0.05) is 25.4 Å². The van der Waals surface area contributed by atoms with Crippen molar-refractivity contribution in [3.63, 3.8) is 0 Å². The van der Waals surface area contributed by atoms with E-state index in [1.54, 1.807) is 4.90 Å². The minimum atomic E-state index is 0.0483. The molecule has 1 aromatic rings. The normalized spacial score (nSPS) is 18.1.